The van der Waals surface area contributed by atoms with Gasteiger partial charge in [0.05, 0.1) is 3.58 Å². The van der Waals surface area contributed by atoms with Crippen molar-refractivity contribution >= 4 is 34.2 Å². The van der Waals surface area contributed by atoms with Crippen molar-refractivity contribution in [2.45, 2.75) is 25.7 Å². The van der Waals surface area contributed by atoms with Crippen LogP contribution in [0.25, 0.3) is 0 Å². The molecule has 2 nitrogen and oxygen atoms in total. The summed E-state index contributed by atoms with van der Waals surface area (Å²) >= 11 is 1.93. The number of carbonyl (C=O) groups excluding carboxylic acids is 2. The second-order valence-corrected chi connectivity index (χ2v) is 5.34. The van der Waals surface area contributed by atoms with Crippen molar-refractivity contribution in [1.29, 1.82) is 0 Å². The Morgan fingerprint density at radius 3 is 2.33 bits per heavy atom. The summed E-state index contributed by atoms with van der Waals surface area (Å²) < 4.78 is 13.3. The molecule has 18 heavy (non-hydrogen) atoms. The number of ketones is 2. The zero-order valence-electron chi connectivity index (χ0n) is 9.71. The van der Waals surface area contributed by atoms with Crippen LogP contribution in [0.3, 0.4) is 0 Å². The van der Waals surface area contributed by atoms with Crippen LogP contribution in [0.2, 0.25) is 0 Å². The smallest absolute Gasteiger partial charge is 0.199 e. The largest absolute Gasteiger partial charge is 0.295 e. The van der Waals surface area contributed by atoms with E-state index in [0.29, 0.717) is 27.6 Å². The lowest BCUT2D eigenvalue weighted by Gasteiger charge is -2.14. The number of allylic oxidation sites excluding steroid dienone is 2. The molecular formula is C14H12FIO2. The summed E-state index contributed by atoms with van der Waals surface area (Å²) in [6, 6.07) is 5.41. The van der Waals surface area contributed by atoms with E-state index in [2.05, 4.69) is 0 Å². The number of Topliss-reactive ketones (excluding diaryl/α,β-unsaturated/α-hetero) is 2. The number of hydrogen-bond donors (Lipinski definition) is 0. The maximum Gasteiger partial charge on any atom is 0.199 e. The third-order valence-electron chi connectivity index (χ3n) is 2.99. The molecule has 1 saturated carbocycles. The van der Waals surface area contributed by atoms with Gasteiger partial charge in [-0.15, -0.1) is 0 Å². The Kier molecular flexibility index (Phi) is 4.27. The van der Waals surface area contributed by atoms with Crippen molar-refractivity contribution in [2.24, 2.45) is 0 Å². The molecule has 0 unspecified atom stereocenters. The SMILES string of the molecule is O=C1CCCC/C1=C(\I)C(=O)c1ccc(F)cc1. The van der Waals surface area contributed by atoms with Crippen LogP contribution in [-0.2, 0) is 4.79 Å². The Morgan fingerprint density at radius 2 is 1.72 bits per heavy atom. The Balaban J connectivity index is 2.30. The first kappa shape index (κ1) is 13.4. The fourth-order valence-corrected chi connectivity index (χ4v) is 2.86. The minimum Gasteiger partial charge on any atom is -0.295 e. The summed E-state index contributed by atoms with van der Waals surface area (Å²) in [7, 11) is 0. The van der Waals surface area contributed by atoms with E-state index in [1.807, 2.05) is 22.6 Å². The van der Waals surface area contributed by atoms with Crippen LogP contribution >= 0.6 is 22.6 Å². The highest BCUT2D eigenvalue weighted by atomic mass is 127. The fourth-order valence-electron chi connectivity index (χ4n) is 1.97. The zero-order chi connectivity index (χ0) is 13.1. The van der Waals surface area contributed by atoms with Crippen molar-refractivity contribution < 1.29 is 14.0 Å². The van der Waals surface area contributed by atoms with Crippen molar-refractivity contribution in [3.8, 4) is 0 Å². The second kappa shape index (κ2) is 5.73. The maximum absolute atomic E-state index is 12.8. The molecule has 0 heterocycles. The van der Waals surface area contributed by atoms with Gasteiger partial charge >= 0.3 is 0 Å². The van der Waals surface area contributed by atoms with Crippen molar-refractivity contribution in [2.75, 3.05) is 0 Å². The molecule has 2 rings (SSSR count). The van der Waals surface area contributed by atoms with Gasteiger partial charge < -0.3 is 0 Å². The molecule has 0 atom stereocenters. The first-order valence-corrected chi connectivity index (χ1v) is 6.89. The van der Waals surface area contributed by atoms with Gasteiger partial charge in [0.25, 0.3) is 0 Å². The van der Waals surface area contributed by atoms with Crippen molar-refractivity contribution in [3.05, 3.63) is 44.8 Å². The third kappa shape index (κ3) is 2.85. The Bertz CT molecular complexity index is 517. The minimum absolute atomic E-state index is 0.0705. The number of carbonyl (C=O) groups is 2. The van der Waals surface area contributed by atoms with Crippen LogP contribution < -0.4 is 0 Å². The Morgan fingerprint density at radius 1 is 1.11 bits per heavy atom. The molecule has 1 aromatic carbocycles. The normalized spacial score (nSPS) is 18.7. The third-order valence-corrected chi connectivity index (χ3v) is 4.13. The average molecular weight is 358 g/mol. The van der Waals surface area contributed by atoms with Crippen LogP contribution in [0.4, 0.5) is 4.39 Å². The van der Waals surface area contributed by atoms with Gasteiger partial charge in [-0.05, 0) is 66.1 Å². The number of benzene rings is 1. The lowest BCUT2D eigenvalue weighted by atomic mass is 9.92. The van der Waals surface area contributed by atoms with Crippen LogP contribution in [0, 0.1) is 5.82 Å². The highest BCUT2D eigenvalue weighted by Gasteiger charge is 2.22. The lowest BCUT2D eigenvalue weighted by molar-refractivity contribution is -0.116. The number of rotatable bonds is 2. The molecular weight excluding hydrogens is 346 g/mol. The van der Waals surface area contributed by atoms with Gasteiger partial charge in [0, 0.05) is 17.6 Å². The highest BCUT2D eigenvalue weighted by Crippen LogP contribution is 2.28. The molecule has 0 amide bonds. The van der Waals surface area contributed by atoms with Crippen LogP contribution in [-0.4, -0.2) is 11.6 Å². The van der Waals surface area contributed by atoms with Crippen LogP contribution in [0.5, 0.6) is 0 Å². The lowest BCUT2D eigenvalue weighted by Crippen LogP contribution is -2.13. The summed E-state index contributed by atoms with van der Waals surface area (Å²) in [5, 5.41) is 0. The quantitative estimate of drug-likeness (QED) is 0.457. The number of halogens is 2. The van der Waals surface area contributed by atoms with E-state index >= 15 is 0 Å². The first-order valence-electron chi connectivity index (χ1n) is 5.81. The molecule has 1 aromatic rings. The summed E-state index contributed by atoms with van der Waals surface area (Å²) in [5.74, 6) is -0.495. The van der Waals surface area contributed by atoms with Gasteiger partial charge in [-0.3, -0.25) is 9.59 Å². The second-order valence-electron chi connectivity index (χ2n) is 4.26. The van der Waals surface area contributed by atoms with Gasteiger partial charge in [0.1, 0.15) is 5.82 Å². The van der Waals surface area contributed by atoms with Crippen molar-refractivity contribution in [3.63, 3.8) is 0 Å². The zero-order valence-corrected chi connectivity index (χ0v) is 11.9. The van der Waals surface area contributed by atoms with E-state index in [4.69, 9.17) is 0 Å². The fraction of sp³-hybridized carbons (Fsp3) is 0.286. The predicted molar refractivity (Wildman–Crippen MR) is 75.3 cm³/mol. The molecule has 0 aromatic heterocycles. The molecule has 4 heteroatoms. The van der Waals surface area contributed by atoms with Crippen molar-refractivity contribution in [1.82, 2.24) is 0 Å². The molecule has 0 spiro atoms. The molecule has 0 radical (unpaired) electrons. The Labute approximate surface area is 118 Å². The maximum atomic E-state index is 12.8. The highest BCUT2D eigenvalue weighted by molar-refractivity contribution is 14.1. The van der Waals surface area contributed by atoms with Crippen LogP contribution in [0.1, 0.15) is 36.0 Å². The van der Waals surface area contributed by atoms with Crippen LogP contribution in [0.15, 0.2) is 33.4 Å². The molecule has 0 saturated heterocycles. The molecule has 0 aliphatic heterocycles. The molecule has 0 N–H and O–H groups in total. The summed E-state index contributed by atoms with van der Waals surface area (Å²) in [6.45, 7) is 0. The van der Waals surface area contributed by atoms with E-state index in [1.165, 1.54) is 24.3 Å². The minimum atomic E-state index is -0.372. The Hall–Kier alpha value is -1.04. The standard InChI is InChI=1S/C14H12FIO2/c15-10-7-5-9(6-8-10)14(18)13(16)11-3-1-2-4-12(11)17/h5-8H,1-4H2/b13-11+. The predicted octanol–water partition coefficient (Wildman–Crippen LogP) is 3.84. The molecule has 0 bridgehead atoms. The van der Waals surface area contributed by atoms with E-state index in [9.17, 15) is 14.0 Å². The van der Waals surface area contributed by atoms with Gasteiger partial charge in [-0.2, -0.15) is 0 Å². The summed E-state index contributed by atoms with van der Waals surface area (Å²) in [6.07, 6.45) is 3.05. The van der Waals surface area contributed by atoms with E-state index in [-0.39, 0.29) is 17.4 Å². The van der Waals surface area contributed by atoms with Gasteiger partial charge in [0.2, 0.25) is 0 Å². The number of hydrogen-bond acceptors (Lipinski definition) is 2. The monoisotopic (exact) mass is 358 g/mol. The molecule has 1 aliphatic carbocycles. The molecule has 1 fully saturated rings. The topological polar surface area (TPSA) is 34.1 Å². The molecule has 94 valence electrons. The van der Waals surface area contributed by atoms with E-state index in [0.717, 1.165) is 12.8 Å². The summed E-state index contributed by atoms with van der Waals surface area (Å²) in [4.78, 5) is 23.9. The van der Waals surface area contributed by atoms with Gasteiger partial charge in [0.15, 0.2) is 11.6 Å². The van der Waals surface area contributed by atoms with E-state index < -0.39 is 0 Å². The first-order chi connectivity index (χ1) is 8.59. The average Bonchev–Trinajstić information content (AvgIpc) is 2.38. The van der Waals surface area contributed by atoms with E-state index in [1.54, 1.807) is 0 Å². The van der Waals surface area contributed by atoms with Gasteiger partial charge in [-0.25, -0.2) is 4.39 Å². The van der Waals surface area contributed by atoms with Gasteiger partial charge in [-0.1, -0.05) is 0 Å². The summed E-state index contributed by atoms with van der Waals surface area (Å²) in [5.41, 5.74) is 1.06. The molecule has 1 aliphatic rings.